The van der Waals surface area contributed by atoms with Gasteiger partial charge < -0.3 is 9.88 Å². The van der Waals surface area contributed by atoms with Crippen LogP contribution in [0.15, 0.2) is 61.2 Å². The molecule has 4 rings (SSSR count). The minimum Gasteiger partial charge on any atom is -0.331 e. The normalized spacial score (nSPS) is 12.2. The van der Waals surface area contributed by atoms with Crippen LogP contribution in [0.1, 0.15) is 31.4 Å². The number of fused-ring (bicyclic) bond motifs is 1. The Morgan fingerprint density at radius 2 is 2.00 bits per heavy atom. The highest BCUT2D eigenvalue weighted by atomic mass is 16.2. The topological polar surface area (TPSA) is 90.5 Å². The zero-order valence-corrected chi connectivity index (χ0v) is 16.3. The number of amides is 1. The molecule has 0 aliphatic rings. The predicted molar refractivity (Wildman–Crippen MR) is 110 cm³/mol. The van der Waals surface area contributed by atoms with Gasteiger partial charge in [0.05, 0.1) is 17.4 Å². The molecule has 1 unspecified atom stereocenters. The van der Waals surface area contributed by atoms with Crippen molar-refractivity contribution in [1.29, 1.82) is 0 Å². The van der Waals surface area contributed by atoms with E-state index in [4.69, 9.17) is 0 Å². The molecule has 0 saturated heterocycles. The van der Waals surface area contributed by atoms with Gasteiger partial charge in [0, 0.05) is 18.7 Å². The Labute approximate surface area is 168 Å². The molecule has 0 radical (unpaired) electrons. The first-order valence-electron chi connectivity index (χ1n) is 9.76. The van der Waals surface area contributed by atoms with Crippen LogP contribution in [0.4, 0.5) is 5.69 Å². The second-order valence-corrected chi connectivity index (χ2v) is 6.98. The lowest BCUT2D eigenvalue weighted by molar-refractivity contribution is -0.119. The Morgan fingerprint density at radius 3 is 2.76 bits per heavy atom. The first-order chi connectivity index (χ1) is 14.2. The molecule has 0 spiro atoms. The van der Waals surface area contributed by atoms with Gasteiger partial charge in [-0.3, -0.25) is 4.79 Å². The smallest absolute Gasteiger partial charge is 0.249 e. The van der Waals surface area contributed by atoms with Crippen molar-refractivity contribution >= 4 is 22.6 Å². The van der Waals surface area contributed by atoms with E-state index >= 15 is 0 Å². The van der Waals surface area contributed by atoms with E-state index in [-0.39, 0.29) is 5.91 Å². The van der Waals surface area contributed by atoms with Crippen molar-refractivity contribution in [3.05, 3.63) is 66.7 Å². The molecule has 148 valence electrons. The summed E-state index contributed by atoms with van der Waals surface area (Å²) in [7, 11) is 0. The van der Waals surface area contributed by atoms with E-state index in [0.717, 1.165) is 36.0 Å². The van der Waals surface area contributed by atoms with Crippen molar-refractivity contribution in [3.63, 3.8) is 0 Å². The Balaban J connectivity index is 1.54. The molecule has 1 N–H and O–H groups in total. The van der Waals surface area contributed by atoms with E-state index in [1.165, 1.54) is 11.0 Å². The van der Waals surface area contributed by atoms with Gasteiger partial charge in [-0.25, -0.2) is 9.67 Å². The summed E-state index contributed by atoms with van der Waals surface area (Å²) < 4.78 is 3.63. The fourth-order valence-electron chi connectivity index (χ4n) is 3.33. The highest BCUT2D eigenvalue weighted by Crippen LogP contribution is 2.21. The molecule has 0 fully saturated rings. The monoisotopic (exact) mass is 389 g/mol. The van der Waals surface area contributed by atoms with Gasteiger partial charge in [-0.1, -0.05) is 43.7 Å². The van der Waals surface area contributed by atoms with Gasteiger partial charge in [-0.05, 0) is 40.6 Å². The number of anilines is 1. The van der Waals surface area contributed by atoms with Crippen LogP contribution in [0.25, 0.3) is 11.0 Å². The van der Waals surface area contributed by atoms with Crippen LogP contribution in [0.2, 0.25) is 0 Å². The number of hydrogen-bond donors (Lipinski definition) is 1. The lowest BCUT2D eigenvalue weighted by Gasteiger charge is -2.16. The number of benzene rings is 2. The summed E-state index contributed by atoms with van der Waals surface area (Å²) in [6.07, 6.45) is 6.05. The predicted octanol–water partition coefficient (Wildman–Crippen LogP) is 3.25. The Bertz CT molecular complexity index is 1070. The molecular formula is C21H23N7O. The van der Waals surface area contributed by atoms with Gasteiger partial charge in [0.1, 0.15) is 12.4 Å². The Hall–Kier alpha value is -3.55. The highest BCUT2D eigenvalue weighted by molar-refractivity contribution is 5.95. The van der Waals surface area contributed by atoms with E-state index in [1.807, 2.05) is 54.9 Å². The Morgan fingerprint density at radius 1 is 1.14 bits per heavy atom. The van der Waals surface area contributed by atoms with Gasteiger partial charge >= 0.3 is 0 Å². The molecule has 0 aliphatic carbocycles. The summed E-state index contributed by atoms with van der Waals surface area (Å²) in [4.78, 5) is 17.5. The standard InChI is InChI=1S/C21H23N7O/c1-2-3-11-27-14-22-18-13-17(9-10-19(18)27)24-21(29)20(28-15-23-25-26-28)12-16-7-5-4-6-8-16/h4-10,13-15,20H,2-3,11-12H2,1H3,(H,24,29). The maximum atomic E-state index is 13.0. The molecular weight excluding hydrogens is 366 g/mol. The van der Waals surface area contributed by atoms with Crippen LogP contribution < -0.4 is 5.32 Å². The number of aromatic nitrogens is 6. The average molecular weight is 389 g/mol. The van der Waals surface area contributed by atoms with E-state index in [0.29, 0.717) is 12.1 Å². The molecule has 2 heterocycles. The zero-order chi connectivity index (χ0) is 20.1. The first-order valence-corrected chi connectivity index (χ1v) is 9.76. The first kappa shape index (κ1) is 18.8. The molecule has 2 aromatic carbocycles. The lowest BCUT2D eigenvalue weighted by Crippen LogP contribution is -2.28. The van der Waals surface area contributed by atoms with Crippen molar-refractivity contribution < 1.29 is 4.79 Å². The van der Waals surface area contributed by atoms with Crippen molar-refractivity contribution in [2.45, 2.75) is 38.8 Å². The van der Waals surface area contributed by atoms with E-state index in [9.17, 15) is 4.79 Å². The molecule has 0 saturated carbocycles. The molecule has 1 amide bonds. The third-order valence-corrected chi connectivity index (χ3v) is 4.90. The number of hydrogen-bond acceptors (Lipinski definition) is 5. The van der Waals surface area contributed by atoms with E-state index in [1.54, 1.807) is 0 Å². The van der Waals surface area contributed by atoms with Crippen molar-refractivity contribution in [2.75, 3.05) is 5.32 Å². The van der Waals surface area contributed by atoms with Gasteiger partial charge in [-0.15, -0.1) is 5.10 Å². The molecule has 1 atom stereocenters. The molecule has 4 aromatic rings. The summed E-state index contributed by atoms with van der Waals surface area (Å²) in [5.74, 6) is -0.175. The van der Waals surface area contributed by atoms with Gasteiger partial charge in [0.25, 0.3) is 0 Å². The van der Waals surface area contributed by atoms with Gasteiger partial charge in [-0.2, -0.15) is 0 Å². The summed E-state index contributed by atoms with van der Waals surface area (Å²) in [5, 5.41) is 14.3. The number of nitrogens with one attached hydrogen (secondary N) is 1. The number of imidazole rings is 1. The number of tetrazole rings is 1. The molecule has 29 heavy (non-hydrogen) atoms. The number of nitrogens with zero attached hydrogens (tertiary/aromatic N) is 6. The molecule has 8 heteroatoms. The minimum atomic E-state index is -0.551. The van der Waals surface area contributed by atoms with Crippen molar-refractivity contribution in [3.8, 4) is 0 Å². The van der Waals surface area contributed by atoms with E-state index < -0.39 is 6.04 Å². The number of rotatable bonds is 8. The van der Waals surface area contributed by atoms with Crippen LogP contribution in [0.5, 0.6) is 0 Å². The third-order valence-electron chi connectivity index (χ3n) is 4.90. The second kappa shape index (κ2) is 8.64. The highest BCUT2D eigenvalue weighted by Gasteiger charge is 2.22. The summed E-state index contributed by atoms with van der Waals surface area (Å²) in [6.45, 7) is 3.11. The molecule has 2 aromatic heterocycles. The quantitative estimate of drug-likeness (QED) is 0.500. The van der Waals surface area contributed by atoms with E-state index in [2.05, 4.69) is 37.3 Å². The fourth-order valence-corrected chi connectivity index (χ4v) is 3.33. The zero-order valence-electron chi connectivity index (χ0n) is 16.3. The minimum absolute atomic E-state index is 0.175. The summed E-state index contributed by atoms with van der Waals surface area (Å²) in [6, 6.07) is 15.1. The maximum Gasteiger partial charge on any atom is 0.249 e. The lowest BCUT2D eigenvalue weighted by atomic mass is 10.1. The van der Waals surface area contributed by atoms with Crippen molar-refractivity contribution in [1.82, 2.24) is 29.8 Å². The third kappa shape index (κ3) is 4.31. The number of aryl methyl sites for hydroxylation is 1. The van der Waals surface area contributed by atoms with Crippen molar-refractivity contribution in [2.24, 2.45) is 0 Å². The maximum absolute atomic E-state index is 13.0. The second-order valence-electron chi connectivity index (χ2n) is 6.98. The molecule has 0 aliphatic heterocycles. The van der Waals surface area contributed by atoms with Crippen LogP contribution in [-0.4, -0.2) is 35.7 Å². The average Bonchev–Trinajstić information content (AvgIpc) is 3.41. The van der Waals surface area contributed by atoms with Gasteiger partial charge in [0.15, 0.2) is 0 Å². The van der Waals surface area contributed by atoms with Crippen LogP contribution >= 0.6 is 0 Å². The summed E-state index contributed by atoms with van der Waals surface area (Å²) >= 11 is 0. The SMILES string of the molecule is CCCCn1cnc2cc(NC(=O)C(Cc3ccccc3)n3cnnn3)ccc21. The number of carbonyl (C=O) groups is 1. The van der Waals surface area contributed by atoms with Crippen LogP contribution in [0, 0.1) is 0 Å². The molecule has 8 nitrogen and oxygen atoms in total. The summed E-state index contributed by atoms with van der Waals surface area (Å²) in [5.41, 5.74) is 3.67. The molecule has 0 bridgehead atoms. The fraction of sp³-hybridized carbons (Fsp3) is 0.286. The number of unbranched alkanes of at least 4 members (excludes halogenated alkanes) is 1. The van der Waals surface area contributed by atoms with Gasteiger partial charge in [0.2, 0.25) is 5.91 Å². The van der Waals surface area contributed by atoms with Crippen LogP contribution in [-0.2, 0) is 17.8 Å². The van der Waals surface area contributed by atoms with Crippen LogP contribution in [0.3, 0.4) is 0 Å². The Kier molecular flexibility index (Phi) is 5.60. The largest absolute Gasteiger partial charge is 0.331 e. The number of carbonyl (C=O) groups excluding carboxylic acids is 1.